The number of aromatic nitrogens is 1. The van der Waals surface area contributed by atoms with Crippen LogP contribution < -0.4 is 14.2 Å². The van der Waals surface area contributed by atoms with E-state index in [0.29, 0.717) is 37.0 Å². The van der Waals surface area contributed by atoms with Gasteiger partial charge in [-0.1, -0.05) is 12.1 Å². The van der Waals surface area contributed by atoms with Gasteiger partial charge in [-0.15, -0.1) is 11.3 Å². The highest BCUT2D eigenvalue weighted by Crippen LogP contribution is 2.40. The van der Waals surface area contributed by atoms with Gasteiger partial charge < -0.3 is 19.1 Å². The molecule has 3 aromatic rings. The number of amides is 1. The number of rotatable bonds is 5. The van der Waals surface area contributed by atoms with Crippen LogP contribution in [0.25, 0.3) is 16.3 Å². The van der Waals surface area contributed by atoms with Crippen molar-refractivity contribution >= 4 is 33.5 Å². The van der Waals surface area contributed by atoms with Crippen molar-refractivity contribution in [2.45, 2.75) is 6.54 Å². The molecule has 0 atom stereocenters. The predicted octanol–water partition coefficient (Wildman–Crippen LogP) is 3.75. The molecule has 144 valence electrons. The van der Waals surface area contributed by atoms with Crippen LogP contribution in [-0.4, -0.2) is 43.2 Å². The third kappa shape index (κ3) is 3.80. The van der Waals surface area contributed by atoms with E-state index in [1.54, 1.807) is 36.5 Å². The van der Waals surface area contributed by atoms with Gasteiger partial charge in [-0.25, -0.2) is 4.98 Å². The summed E-state index contributed by atoms with van der Waals surface area (Å²) in [5, 5.41) is 0.909. The minimum Gasteiger partial charge on any atom is -0.493 e. The van der Waals surface area contributed by atoms with Crippen molar-refractivity contribution in [3.63, 3.8) is 0 Å². The van der Waals surface area contributed by atoms with Crippen molar-refractivity contribution in [2.75, 3.05) is 27.4 Å². The van der Waals surface area contributed by atoms with Crippen LogP contribution in [0.4, 0.5) is 0 Å². The number of hydrogen-bond acceptors (Lipinski definition) is 6. The Kier molecular flexibility index (Phi) is 5.16. The molecule has 28 heavy (non-hydrogen) atoms. The maximum absolute atomic E-state index is 12.5. The topological polar surface area (TPSA) is 60.9 Å². The van der Waals surface area contributed by atoms with E-state index in [4.69, 9.17) is 14.2 Å². The van der Waals surface area contributed by atoms with Gasteiger partial charge in [0, 0.05) is 13.1 Å². The number of likely N-dealkylation sites (N-methyl/N-ethyl adjacent to an activating group) is 1. The fourth-order valence-corrected chi connectivity index (χ4v) is 3.97. The first kappa shape index (κ1) is 18.3. The smallest absolute Gasteiger partial charge is 0.246 e. The first-order valence-corrected chi connectivity index (χ1v) is 9.71. The second-order valence-corrected chi connectivity index (χ2v) is 7.47. The fourth-order valence-electron chi connectivity index (χ4n) is 2.95. The third-order valence-electron chi connectivity index (χ3n) is 4.36. The molecule has 1 amide bonds. The number of carbonyl (C=O) groups excluding carboxylic acids is 1. The summed E-state index contributed by atoms with van der Waals surface area (Å²) in [5.74, 6) is 1.71. The van der Waals surface area contributed by atoms with E-state index in [-0.39, 0.29) is 5.91 Å². The molecule has 0 aliphatic carbocycles. The van der Waals surface area contributed by atoms with Crippen LogP contribution in [0, 0.1) is 0 Å². The summed E-state index contributed by atoms with van der Waals surface area (Å²) >= 11 is 1.60. The molecule has 2 aromatic carbocycles. The van der Waals surface area contributed by atoms with Crippen LogP contribution in [0.1, 0.15) is 10.6 Å². The van der Waals surface area contributed by atoms with Gasteiger partial charge in [0.2, 0.25) is 11.7 Å². The highest BCUT2D eigenvalue weighted by molar-refractivity contribution is 7.18. The molecule has 2 heterocycles. The van der Waals surface area contributed by atoms with Gasteiger partial charge in [0.15, 0.2) is 11.5 Å². The van der Waals surface area contributed by atoms with Crippen LogP contribution in [0.2, 0.25) is 0 Å². The Labute approximate surface area is 167 Å². The fraction of sp³-hybridized carbons (Fsp3) is 0.238. The Balaban J connectivity index is 1.47. The maximum atomic E-state index is 12.5. The van der Waals surface area contributed by atoms with E-state index < -0.39 is 0 Å². The highest BCUT2D eigenvalue weighted by atomic mass is 32.1. The van der Waals surface area contributed by atoms with Crippen molar-refractivity contribution in [1.82, 2.24) is 9.88 Å². The van der Waals surface area contributed by atoms with Crippen molar-refractivity contribution in [3.8, 4) is 17.2 Å². The molecule has 0 saturated heterocycles. The zero-order valence-electron chi connectivity index (χ0n) is 15.7. The Morgan fingerprint density at radius 1 is 1.29 bits per heavy atom. The zero-order chi connectivity index (χ0) is 19.5. The lowest BCUT2D eigenvalue weighted by Gasteiger charge is -2.21. The third-order valence-corrected chi connectivity index (χ3v) is 5.38. The molecule has 0 saturated carbocycles. The monoisotopic (exact) mass is 396 g/mol. The van der Waals surface area contributed by atoms with Gasteiger partial charge in [-0.05, 0) is 35.9 Å². The Morgan fingerprint density at radius 2 is 2.11 bits per heavy atom. The molecule has 0 radical (unpaired) electrons. The lowest BCUT2D eigenvalue weighted by molar-refractivity contribution is -0.125. The van der Waals surface area contributed by atoms with Crippen LogP contribution in [0.15, 0.2) is 42.5 Å². The molecule has 0 spiro atoms. The minimum absolute atomic E-state index is 0.104. The predicted molar refractivity (Wildman–Crippen MR) is 109 cm³/mol. The molecular weight excluding hydrogens is 376 g/mol. The first-order chi connectivity index (χ1) is 13.6. The first-order valence-electron chi connectivity index (χ1n) is 8.89. The zero-order valence-corrected chi connectivity index (χ0v) is 16.5. The molecule has 1 aliphatic heterocycles. The van der Waals surface area contributed by atoms with E-state index in [2.05, 4.69) is 4.98 Å². The summed E-state index contributed by atoms with van der Waals surface area (Å²) in [7, 11) is 3.35. The van der Waals surface area contributed by atoms with Crippen molar-refractivity contribution in [1.29, 1.82) is 0 Å². The number of nitrogens with zero attached hydrogens (tertiary/aromatic N) is 2. The van der Waals surface area contributed by atoms with Crippen molar-refractivity contribution in [2.24, 2.45) is 0 Å². The van der Waals surface area contributed by atoms with E-state index in [9.17, 15) is 4.79 Å². The molecule has 0 N–H and O–H groups in total. The quantitative estimate of drug-likeness (QED) is 0.615. The molecule has 0 bridgehead atoms. The number of benzene rings is 2. The van der Waals surface area contributed by atoms with E-state index >= 15 is 0 Å². The molecule has 7 heteroatoms. The van der Waals surface area contributed by atoms with Crippen LogP contribution in [-0.2, 0) is 11.3 Å². The highest BCUT2D eigenvalue weighted by Gasteiger charge is 2.18. The normalized spacial score (nSPS) is 13.1. The number of thiazole rings is 1. The number of methoxy groups -OCH3 is 1. The number of carbonyl (C=O) groups is 1. The summed E-state index contributed by atoms with van der Waals surface area (Å²) in [4.78, 5) is 18.7. The minimum atomic E-state index is -0.104. The number of ether oxygens (including phenoxy) is 3. The summed E-state index contributed by atoms with van der Waals surface area (Å²) in [6, 6.07) is 11.6. The maximum Gasteiger partial charge on any atom is 0.246 e. The summed E-state index contributed by atoms with van der Waals surface area (Å²) in [6.45, 7) is 1.45. The van der Waals surface area contributed by atoms with Crippen molar-refractivity contribution in [3.05, 3.63) is 53.0 Å². The molecule has 4 rings (SSSR count). The van der Waals surface area contributed by atoms with Crippen molar-refractivity contribution < 1.29 is 19.0 Å². The Morgan fingerprint density at radius 3 is 2.93 bits per heavy atom. The average molecular weight is 396 g/mol. The van der Waals surface area contributed by atoms with Crippen LogP contribution in [0.3, 0.4) is 0 Å². The number of fused-ring (bicyclic) bond motifs is 2. The largest absolute Gasteiger partial charge is 0.493 e. The van der Waals surface area contributed by atoms with Crippen LogP contribution in [0.5, 0.6) is 17.2 Å². The number of para-hydroxylation sites is 1. The standard InChI is InChI=1S/C21H20N2O4S/c1-23(13-19-22-15-5-3-4-6-18(15)28-19)20(24)8-7-14-11-16(25-2)21-17(12-14)26-9-10-27-21/h3-8,11-12H,9-10,13H2,1-2H3/b8-7+. The molecule has 1 aliphatic rings. The molecular formula is C21H20N2O4S. The SMILES string of the molecule is COc1cc(/C=C/C(=O)N(C)Cc2nc3ccccc3s2)cc2c1OCCO2. The molecule has 6 nitrogen and oxygen atoms in total. The second kappa shape index (κ2) is 7.90. The van der Waals surface area contributed by atoms with Gasteiger partial charge in [-0.2, -0.15) is 0 Å². The van der Waals surface area contributed by atoms with Crippen LogP contribution >= 0.6 is 11.3 Å². The van der Waals surface area contributed by atoms with E-state index in [1.807, 2.05) is 36.4 Å². The molecule has 1 aromatic heterocycles. The Bertz CT molecular complexity index is 994. The average Bonchev–Trinajstić information content (AvgIpc) is 3.13. The van der Waals surface area contributed by atoms with Gasteiger partial charge in [-0.3, -0.25) is 4.79 Å². The van der Waals surface area contributed by atoms with Gasteiger partial charge in [0.05, 0.1) is 23.9 Å². The summed E-state index contributed by atoms with van der Waals surface area (Å²) < 4.78 is 17.7. The number of hydrogen-bond donors (Lipinski definition) is 0. The van der Waals surface area contributed by atoms with E-state index in [0.717, 1.165) is 20.8 Å². The summed E-state index contributed by atoms with van der Waals surface area (Å²) in [6.07, 6.45) is 3.29. The van der Waals surface area contributed by atoms with Gasteiger partial charge in [0.25, 0.3) is 0 Å². The van der Waals surface area contributed by atoms with E-state index in [1.165, 1.54) is 6.08 Å². The molecule has 0 fully saturated rings. The lowest BCUT2D eigenvalue weighted by atomic mass is 10.1. The Hall–Kier alpha value is -3.06. The second-order valence-electron chi connectivity index (χ2n) is 6.35. The summed E-state index contributed by atoms with van der Waals surface area (Å²) in [5.41, 5.74) is 1.77. The van der Waals surface area contributed by atoms with Gasteiger partial charge >= 0.3 is 0 Å². The molecule has 0 unspecified atom stereocenters. The lowest BCUT2D eigenvalue weighted by Crippen LogP contribution is -2.24. The van der Waals surface area contributed by atoms with Gasteiger partial charge in [0.1, 0.15) is 18.2 Å².